The van der Waals surface area contributed by atoms with E-state index in [1.165, 1.54) is 6.92 Å². The van der Waals surface area contributed by atoms with Gasteiger partial charge in [-0.25, -0.2) is 0 Å². The van der Waals surface area contributed by atoms with Crippen molar-refractivity contribution in [3.8, 4) is 5.75 Å². The molecule has 0 atom stereocenters. The Balaban J connectivity index is 2.12. The maximum Gasteiger partial charge on any atom is 0.159 e. The van der Waals surface area contributed by atoms with Crippen LogP contribution in [-0.4, -0.2) is 15.6 Å². The number of hydrogen-bond donors (Lipinski definition) is 0. The lowest BCUT2D eigenvalue weighted by atomic mass is 10.1. The largest absolute Gasteiger partial charge is 0.486 e. The first-order valence-corrected chi connectivity index (χ1v) is 6.28. The Morgan fingerprint density at radius 1 is 1.42 bits per heavy atom. The van der Waals surface area contributed by atoms with Crippen LogP contribution in [0.1, 0.15) is 28.7 Å². The molecule has 19 heavy (non-hydrogen) atoms. The lowest BCUT2D eigenvalue weighted by Gasteiger charge is -2.08. The van der Waals surface area contributed by atoms with Gasteiger partial charge in [0, 0.05) is 12.6 Å². The van der Waals surface area contributed by atoms with Crippen molar-refractivity contribution >= 4 is 17.4 Å². The van der Waals surface area contributed by atoms with Gasteiger partial charge in [0.2, 0.25) is 0 Å². The van der Waals surface area contributed by atoms with Crippen molar-refractivity contribution in [1.29, 1.82) is 0 Å². The number of aryl methyl sites for hydroxylation is 2. The fourth-order valence-corrected chi connectivity index (χ4v) is 2.02. The van der Waals surface area contributed by atoms with E-state index >= 15 is 0 Å². The number of rotatable bonds is 4. The number of carbonyl (C=O) groups excluding carboxylic acids is 1. The lowest BCUT2D eigenvalue weighted by Crippen LogP contribution is -2.03. The average molecular weight is 279 g/mol. The third-order valence-electron chi connectivity index (χ3n) is 2.81. The van der Waals surface area contributed by atoms with E-state index < -0.39 is 0 Å². The van der Waals surface area contributed by atoms with Crippen molar-refractivity contribution in [1.82, 2.24) is 9.78 Å². The summed E-state index contributed by atoms with van der Waals surface area (Å²) in [6, 6.07) is 6.99. The molecule has 1 aromatic heterocycles. The Morgan fingerprint density at radius 2 is 2.16 bits per heavy atom. The molecule has 0 bridgehead atoms. The van der Waals surface area contributed by atoms with Gasteiger partial charge in [-0.1, -0.05) is 11.6 Å². The molecule has 100 valence electrons. The van der Waals surface area contributed by atoms with E-state index in [2.05, 4.69) is 5.10 Å². The smallest absolute Gasteiger partial charge is 0.159 e. The monoisotopic (exact) mass is 278 g/mol. The molecule has 5 heteroatoms. The SMILES string of the molecule is CC(=O)c1ccc(OCc2cc(C)nn2C)c(Cl)c1. The summed E-state index contributed by atoms with van der Waals surface area (Å²) in [5.74, 6) is 0.543. The first kappa shape index (κ1) is 13.6. The van der Waals surface area contributed by atoms with E-state index in [0.29, 0.717) is 22.9 Å². The van der Waals surface area contributed by atoms with Crippen molar-refractivity contribution in [2.45, 2.75) is 20.5 Å². The van der Waals surface area contributed by atoms with Gasteiger partial charge in [0.15, 0.2) is 5.78 Å². The standard InChI is InChI=1S/C14H15ClN2O2/c1-9-6-12(17(3)16-9)8-19-14-5-4-11(10(2)18)7-13(14)15/h4-7H,8H2,1-3H3. The van der Waals surface area contributed by atoms with Gasteiger partial charge < -0.3 is 4.74 Å². The molecule has 2 aromatic rings. The van der Waals surface area contributed by atoms with Gasteiger partial charge in [-0.3, -0.25) is 9.48 Å². The summed E-state index contributed by atoms with van der Waals surface area (Å²) in [5.41, 5.74) is 2.48. The number of carbonyl (C=O) groups is 1. The van der Waals surface area contributed by atoms with Gasteiger partial charge in [-0.15, -0.1) is 0 Å². The highest BCUT2D eigenvalue weighted by Gasteiger charge is 2.08. The molecular weight excluding hydrogens is 264 g/mol. The summed E-state index contributed by atoms with van der Waals surface area (Å²) >= 11 is 6.09. The Morgan fingerprint density at radius 3 is 2.68 bits per heavy atom. The number of ether oxygens (including phenoxy) is 1. The van der Waals surface area contributed by atoms with E-state index in [1.54, 1.807) is 22.9 Å². The van der Waals surface area contributed by atoms with Crippen LogP contribution in [0.5, 0.6) is 5.75 Å². The third-order valence-corrected chi connectivity index (χ3v) is 3.11. The molecule has 0 fully saturated rings. The second-order valence-electron chi connectivity index (χ2n) is 4.39. The number of hydrogen-bond acceptors (Lipinski definition) is 3. The maximum absolute atomic E-state index is 11.2. The second-order valence-corrected chi connectivity index (χ2v) is 4.80. The molecule has 0 spiro atoms. The number of ketones is 1. The number of benzene rings is 1. The van der Waals surface area contributed by atoms with Crippen LogP contribution in [0.15, 0.2) is 24.3 Å². The fraction of sp³-hybridized carbons (Fsp3) is 0.286. The van der Waals surface area contributed by atoms with Crippen LogP contribution in [-0.2, 0) is 13.7 Å². The first-order valence-electron chi connectivity index (χ1n) is 5.90. The van der Waals surface area contributed by atoms with Crippen LogP contribution in [0.2, 0.25) is 5.02 Å². The topological polar surface area (TPSA) is 44.1 Å². The minimum atomic E-state index is -0.0179. The molecule has 0 amide bonds. The van der Waals surface area contributed by atoms with Gasteiger partial charge in [-0.05, 0) is 38.1 Å². The zero-order valence-corrected chi connectivity index (χ0v) is 11.9. The van der Waals surface area contributed by atoms with Crippen molar-refractivity contribution in [3.63, 3.8) is 0 Å². The summed E-state index contributed by atoms with van der Waals surface area (Å²) in [6.07, 6.45) is 0. The summed E-state index contributed by atoms with van der Waals surface area (Å²) in [4.78, 5) is 11.2. The number of halogens is 1. The van der Waals surface area contributed by atoms with Crippen LogP contribution in [0.4, 0.5) is 0 Å². The summed E-state index contributed by atoms with van der Waals surface area (Å²) in [5, 5.41) is 4.68. The number of aromatic nitrogens is 2. The average Bonchev–Trinajstić information content (AvgIpc) is 2.66. The molecule has 1 aromatic carbocycles. The van der Waals surface area contributed by atoms with Crippen molar-refractivity contribution in [2.24, 2.45) is 7.05 Å². The van der Waals surface area contributed by atoms with E-state index in [4.69, 9.17) is 16.3 Å². The predicted molar refractivity (Wildman–Crippen MR) is 73.7 cm³/mol. The molecular formula is C14H15ClN2O2. The van der Waals surface area contributed by atoms with E-state index in [1.807, 2.05) is 20.0 Å². The van der Waals surface area contributed by atoms with Crippen LogP contribution >= 0.6 is 11.6 Å². The molecule has 0 aliphatic heterocycles. The maximum atomic E-state index is 11.2. The predicted octanol–water partition coefficient (Wildman–Crippen LogP) is 3.16. The quantitative estimate of drug-likeness (QED) is 0.807. The molecule has 4 nitrogen and oxygen atoms in total. The molecule has 0 radical (unpaired) electrons. The molecule has 1 heterocycles. The zero-order valence-electron chi connectivity index (χ0n) is 11.1. The van der Waals surface area contributed by atoms with E-state index in [9.17, 15) is 4.79 Å². The highest BCUT2D eigenvalue weighted by molar-refractivity contribution is 6.32. The van der Waals surface area contributed by atoms with Gasteiger partial charge in [0.25, 0.3) is 0 Å². The minimum absolute atomic E-state index is 0.0179. The second kappa shape index (κ2) is 5.45. The van der Waals surface area contributed by atoms with Gasteiger partial charge >= 0.3 is 0 Å². The van der Waals surface area contributed by atoms with Crippen molar-refractivity contribution in [2.75, 3.05) is 0 Å². The normalized spacial score (nSPS) is 10.5. The zero-order chi connectivity index (χ0) is 14.0. The highest BCUT2D eigenvalue weighted by atomic mass is 35.5. The Labute approximate surface area is 116 Å². The van der Waals surface area contributed by atoms with Crippen LogP contribution in [0.3, 0.4) is 0 Å². The highest BCUT2D eigenvalue weighted by Crippen LogP contribution is 2.26. The third kappa shape index (κ3) is 3.15. The molecule has 2 rings (SSSR count). The Kier molecular flexibility index (Phi) is 3.90. The Hall–Kier alpha value is -1.81. The van der Waals surface area contributed by atoms with Gasteiger partial charge in [0.1, 0.15) is 12.4 Å². The van der Waals surface area contributed by atoms with Crippen molar-refractivity contribution in [3.05, 3.63) is 46.2 Å². The molecule has 0 saturated carbocycles. The van der Waals surface area contributed by atoms with Crippen LogP contribution in [0.25, 0.3) is 0 Å². The summed E-state index contributed by atoms with van der Waals surface area (Å²) in [7, 11) is 1.87. The minimum Gasteiger partial charge on any atom is -0.486 e. The molecule has 0 saturated heterocycles. The fourth-order valence-electron chi connectivity index (χ4n) is 1.79. The number of nitrogens with zero attached hydrogens (tertiary/aromatic N) is 2. The molecule has 0 unspecified atom stereocenters. The van der Waals surface area contributed by atoms with E-state index in [0.717, 1.165) is 11.4 Å². The summed E-state index contributed by atoms with van der Waals surface area (Å²) < 4.78 is 7.42. The van der Waals surface area contributed by atoms with Crippen molar-refractivity contribution < 1.29 is 9.53 Å². The molecule has 0 aliphatic rings. The van der Waals surface area contributed by atoms with Crippen LogP contribution in [0, 0.1) is 6.92 Å². The summed E-state index contributed by atoms with van der Waals surface area (Å²) in [6.45, 7) is 3.82. The molecule has 0 N–H and O–H groups in total. The number of Topliss-reactive ketones (excluding diaryl/α,β-unsaturated/α-hetero) is 1. The Bertz CT molecular complexity index is 620. The van der Waals surface area contributed by atoms with Crippen LogP contribution < -0.4 is 4.74 Å². The van der Waals surface area contributed by atoms with Gasteiger partial charge in [0.05, 0.1) is 16.4 Å². The molecule has 0 aliphatic carbocycles. The lowest BCUT2D eigenvalue weighted by molar-refractivity contribution is 0.101. The van der Waals surface area contributed by atoms with E-state index in [-0.39, 0.29) is 5.78 Å². The van der Waals surface area contributed by atoms with Gasteiger partial charge in [-0.2, -0.15) is 5.10 Å². The first-order chi connectivity index (χ1) is 8.97.